The monoisotopic (exact) mass is 244 g/mol. The third kappa shape index (κ3) is 3.44. The van der Waals surface area contributed by atoms with Crippen molar-refractivity contribution in [1.82, 2.24) is 10.2 Å². The number of rotatable bonds is 7. The Morgan fingerprint density at radius 1 is 1.44 bits per heavy atom. The van der Waals surface area contributed by atoms with E-state index >= 15 is 0 Å². The number of hydrogen-bond acceptors (Lipinski definition) is 2. The minimum absolute atomic E-state index is 0.714. The van der Waals surface area contributed by atoms with Crippen molar-refractivity contribution in [2.24, 2.45) is 0 Å². The summed E-state index contributed by atoms with van der Waals surface area (Å²) in [5, 5.41) is 3.58. The average molecular weight is 244 g/mol. The molecule has 0 aliphatic heterocycles. The zero-order valence-electron chi connectivity index (χ0n) is 11.4. The second-order valence-electron chi connectivity index (χ2n) is 5.19. The average Bonchev–Trinajstić information content (AvgIpc) is 2.78. The van der Waals surface area contributed by atoms with Crippen molar-refractivity contribution in [3.63, 3.8) is 0 Å². The van der Waals surface area contributed by atoms with E-state index in [-0.39, 0.29) is 0 Å². The third-order valence-corrected chi connectivity index (χ3v) is 3.76. The number of aryl methyl sites for hydroxylation is 1. The molecule has 1 N–H and O–H groups in total. The highest BCUT2D eigenvalue weighted by atomic mass is 15.1. The number of nitrogens with zero attached hydrogens (tertiary/aromatic N) is 1. The first-order chi connectivity index (χ1) is 8.81. The van der Waals surface area contributed by atoms with Crippen LogP contribution in [0.25, 0.3) is 0 Å². The minimum atomic E-state index is 0.714. The molecule has 1 aliphatic rings. The fourth-order valence-corrected chi connectivity index (χ4v) is 2.72. The molecule has 0 bridgehead atoms. The summed E-state index contributed by atoms with van der Waals surface area (Å²) in [7, 11) is 2.13. The second kappa shape index (κ2) is 6.72. The van der Waals surface area contributed by atoms with E-state index in [9.17, 15) is 0 Å². The molecule has 1 aromatic rings. The zero-order chi connectivity index (χ0) is 12.8. The molecule has 98 valence electrons. The van der Waals surface area contributed by atoms with Crippen LogP contribution in [0.5, 0.6) is 0 Å². The summed E-state index contributed by atoms with van der Waals surface area (Å²) in [6.07, 6.45) is 4.50. The van der Waals surface area contributed by atoms with E-state index in [4.69, 9.17) is 0 Å². The van der Waals surface area contributed by atoms with Crippen LogP contribution in [0, 0.1) is 0 Å². The van der Waals surface area contributed by atoms with Crippen molar-refractivity contribution >= 4 is 0 Å². The van der Waals surface area contributed by atoms with Gasteiger partial charge in [0.1, 0.15) is 0 Å². The van der Waals surface area contributed by atoms with Gasteiger partial charge in [-0.25, -0.2) is 0 Å². The maximum atomic E-state index is 3.75. The molecule has 1 aromatic carbocycles. The van der Waals surface area contributed by atoms with Gasteiger partial charge in [-0.3, -0.25) is 0 Å². The Labute approximate surface area is 111 Å². The molecule has 0 radical (unpaired) electrons. The predicted octanol–water partition coefficient (Wildman–Crippen LogP) is 2.42. The zero-order valence-corrected chi connectivity index (χ0v) is 11.4. The van der Waals surface area contributed by atoms with E-state index in [1.165, 1.54) is 12.8 Å². The Bertz CT molecular complexity index is 386. The van der Waals surface area contributed by atoms with Gasteiger partial charge in [-0.2, -0.15) is 0 Å². The van der Waals surface area contributed by atoms with Crippen LogP contribution in [0.15, 0.2) is 36.9 Å². The van der Waals surface area contributed by atoms with E-state index < -0.39 is 0 Å². The summed E-state index contributed by atoms with van der Waals surface area (Å²) >= 11 is 0. The first-order valence-electron chi connectivity index (χ1n) is 6.89. The molecule has 0 fully saturated rings. The second-order valence-corrected chi connectivity index (χ2v) is 5.19. The molecule has 0 amide bonds. The summed E-state index contributed by atoms with van der Waals surface area (Å²) in [6, 6.07) is 8.87. The molecule has 0 spiro atoms. The first kappa shape index (κ1) is 13.3. The topological polar surface area (TPSA) is 15.3 Å². The fraction of sp³-hybridized carbons (Fsp3) is 0.500. The Kier molecular flexibility index (Phi) is 4.97. The summed E-state index contributed by atoms with van der Waals surface area (Å²) in [5.41, 5.74) is 3.11. The lowest BCUT2D eigenvalue weighted by atomic mass is 10.0. The van der Waals surface area contributed by atoms with Crippen molar-refractivity contribution in [3.05, 3.63) is 48.0 Å². The van der Waals surface area contributed by atoms with E-state index in [1.54, 1.807) is 11.1 Å². The van der Waals surface area contributed by atoms with Gasteiger partial charge in [0.2, 0.25) is 0 Å². The predicted molar refractivity (Wildman–Crippen MR) is 78.1 cm³/mol. The molecule has 0 saturated carbocycles. The molecule has 0 aromatic heterocycles. The molecule has 1 atom stereocenters. The van der Waals surface area contributed by atoms with Crippen LogP contribution in [-0.4, -0.2) is 38.1 Å². The minimum Gasteiger partial charge on any atom is -0.315 e. The number of benzene rings is 1. The Morgan fingerprint density at radius 3 is 3.11 bits per heavy atom. The van der Waals surface area contributed by atoms with Crippen molar-refractivity contribution in [1.29, 1.82) is 0 Å². The van der Waals surface area contributed by atoms with Gasteiger partial charge in [0.05, 0.1) is 0 Å². The molecule has 1 aliphatic carbocycles. The lowest BCUT2D eigenvalue weighted by Crippen LogP contribution is -2.31. The number of likely N-dealkylation sites (N-methyl/N-ethyl adjacent to an activating group) is 1. The molecule has 2 heteroatoms. The van der Waals surface area contributed by atoms with Crippen LogP contribution in [0.3, 0.4) is 0 Å². The summed E-state index contributed by atoms with van der Waals surface area (Å²) < 4.78 is 0. The van der Waals surface area contributed by atoms with E-state index in [2.05, 4.69) is 48.1 Å². The standard InChI is InChI=1S/C16H24N2/c1-3-11-18(2)12-10-17-13-15-9-8-14-6-4-5-7-16(14)15/h3-7,15,17H,1,8-13H2,2H3. The molecule has 0 heterocycles. The fourth-order valence-electron chi connectivity index (χ4n) is 2.72. The van der Waals surface area contributed by atoms with E-state index in [0.29, 0.717) is 5.92 Å². The first-order valence-corrected chi connectivity index (χ1v) is 6.89. The van der Waals surface area contributed by atoms with Crippen molar-refractivity contribution in [3.8, 4) is 0 Å². The van der Waals surface area contributed by atoms with Crippen LogP contribution >= 0.6 is 0 Å². The van der Waals surface area contributed by atoms with Crippen molar-refractivity contribution in [2.75, 3.05) is 33.2 Å². The molecular weight excluding hydrogens is 220 g/mol. The van der Waals surface area contributed by atoms with Gasteiger partial charge >= 0.3 is 0 Å². The lowest BCUT2D eigenvalue weighted by Gasteiger charge is -2.16. The molecule has 0 saturated heterocycles. The largest absolute Gasteiger partial charge is 0.315 e. The van der Waals surface area contributed by atoms with Crippen molar-refractivity contribution in [2.45, 2.75) is 18.8 Å². The van der Waals surface area contributed by atoms with Gasteiger partial charge in [0.15, 0.2) is 0 Å². The van der Waals surface area contributed by atoms with Gasteiger partial charge in [-0.05, 0) is 36.9 Å². The van der Waals surface area contributed by atoms with Gasteiger partial charge in [-0.1, -0.05) is 30.3 Å². The highest BCUT2D eigenvalue weighted by Gasteiger charge is 2.20. The Hall–Kier alpha value is -1.12. The Morgan fingerprint density at radius 2 is 2.28 bits per heavy atom. The summed E-state index contributed by atoms with van der Waals surface area (Å²) in [6.45, 7) is 7.97. The number of nitrogens with one attached hydrogen (secondary N) is 1. The van der Waals surface area contributed by atoms with E-state index in [0.717, 1.165) is 26.2 Å². The Balaban J connectivity index is 1.71. The molecule has 2 nitrogen and oxygen atoms in total. The van der Waals surface area contributed by atoms with Crippen LogP contribution in [0.4, 0.5) is 0 Å². The van der Waals surface area contributed by atoms with Gasteiger partial charge in [-0.15, -0.1) is 6.58 Å². The van der Waals surface area contributed by atoms with Crippen LogP contribution in [0.1, 0.15) is 23.5 Å². The van der Waals surface area contributed by atoms with Gasteiger partial charge in [0.25, 0.3) is 0 Å². The third-order valence-electron chi connectivity index (χ3n) is 3.76. The molecule has 2 rings (SSSR count). The molecule has 18 heavy (non-hydrogen) atoms. The number of hydrogen-bond donors (Lipinski definition) is 1. The maximum absolute atomic E-state index is 3.75. The molecular formula is C16H24N2. The van der Waals surface area contributed by atoms with Gasteiger partial charge in [0, 0.05) is 26.2 Å². The van der Waals surface area contributed by atoms with Crippen LogP contribution < -0.4 is 5.32 Å². The SMILES string of the molecule is C=CCN(C)CCNCC1CCc2ccccc21. The van der Waals surface area contributed by atoms with E-state index in [1.807, 2.05) is 6.08 Å². The van der Waals surface area contributed by atoms with Crippen LogP contribution in [-0.2, 0) is 6.42 Å². The van der Waals surface area contributed by atoms with Crippen LogP contribution in [0.2, 0.25) is 0 Å². The highest BCUT2D eigenvalue weighted by Crippen LogP contribution is 2.31. The summed E-state index contributed by atoms with van der Waals surface area (Å²) in [5.74, 6) is 0.714. The quantitative estimate of drug-likeness (QED) is 0.585. The lowest BCUT2D eigenvalue weighted by molar-refractivity contribution is 0.363. The highest BCUT2D eigenvalue weighted by molar-refractivity contribution is 5.34. The normalized spacial score (nSPS) is 18.0. The van der Waals surface area contributed by atoms with Crippen molar-refractivity contribution < 1.29 is 0 Å². The smallest absolute Gasteiger partial charge is 0.0158 e. The molecule has 1 unspecified atom stereocenters. The van der Waals surface area contributed by atoms with Gasteiger partial charge < -0.3 is 10.2 Å². The summed E-state index contributed by atoms with van der Waals surface area (Å²) in [4.78, 5) is 2.28. The number of fused-ring (bicyclic) bond motifs is 1. The maximum Gasteiger partial charge on any atom is 0.0158 e.